The van der Waals surface area contributed by atoms with Crippen molar-refractivity contribution in [3.05, 3.63) is 46.4 Å². The van der Waals surface area contributed by atoms with Crippen LogP contribution in [0.15, 0.2) is 45.8 Å². The first-order valence-corrected chi connectivity index (χ1v) is 10.8. The smallest absolute Gasteiger partial charge is 0.241 e. The van der Waals surface area contributed by atoms with E-state index in [0.717, 1.165) is 5.56 Å². The van der Waals surface area contributed by atoms with E-state index in [9.17, 15) is 8.42 Å². The molecule has 0 radical (unpaired) electrons. The Hall–Kier alpha value is -1.77. The lowest BCUT2D eigenvalue weighted by Crippen LogP contribution is -2.27. The highest BCUT2D eigenvalue weighted by Crippen LogP contribution is 2.32. The molecule has 0 spiro atoms. The van der Waals surface area contributed by atoms with Crippen LogP contribution in [0.5, 0.6) is 17.2 Å². The van der Waals surface area contributed by atoms with Gasteiger partial charge in [-0.15, -0.1) is 0 Å². The summed E-state index contributed by atoms with van der Waals surface area (Å²) in [5, 5.41) is 0. The number of halogens is 1. The van der Waals surface area contributed by atoms with Gasteiger partial charge in [0.1, 0.15) is 5.75 Å². The van der Waals surface area contributed by atoms with Crippen molar-refractivity contribution in [3.8, 4) is 17.2 Å². The molecular weight excluding hydrogens is 434 g/mol. The number of methoxy groups -OCH3 is 1. The number of sulfonamides is 1. The third-order valence-electron chi connectivity index (χ3n) is 3.83. The van der Waals surface area contributed by atoms with E-state index in [0.29, 0.717) is 34.9 Å². The van der Waals surface area contributed by atoms with Crippen molar-refractivity contribution in [2.24, 2.45) is 0 Å². The Balaban J connectivity index is 2.26. The van der Waals surface area contributed by atoms with Crippen molar-refractivity contribution in [2.75, 3.05) is 20.3 Å². The molecule has 0 aromatic heterocycles. The van der Waals surface area contributed by atoms with Crippen LogP contribution >= 0.6 is 15.9 Å². The Kier molecular flexibility index (Phi) is 7.52. The van der Waals surface area contributed by atoms with Gasteiger partial charge in [0.2, 0.25) is 10.0 Å². The summed E-state index contributed by atoms with van der Waals surface area (Å²) in [4.78, 5) is 0.151. The van der Waals surface area contributed by atoms with Gasteiger partial charge in [-0.05, 0) is 72.6 Å². The summed E-state index contributed by atoms with van der Waals surface area (Å²) in [5.74, 6) is 1.79. The van der Waals surface area contributed by atoms with E-state index in [2.05, 4.69) is 20.7 Å². The Morgan fingerprint density at radius 1 is 1.00 bits per heavy atom. The number of ether oxygens (including phenoxy) is 3. The summed E-state index contributed by atoms with van der Waals surface area (Å²) in [6.07, 6.45) is 0. The zero-order chi connectivity index (χ0) is 20.0. The molecule has 2 aromatic rings. The van der Waals surface area contributed by atoms with Crippen LogP contribution in [0.3, 0.4) is 0 Å². The minimum Gasteiger partial charge on any atom is -0.496 e. The van der Waals surface area contributed by atoms with Crippen LogP contribution in [0, 0.1) is 0 Å². The average molecular weight is 458 g/mol. The maximum atomic E-state index is 12.7. The van der Waals surface area contributed by atoms with E-state index in [1.165, 1.54) is 19.2 Å². The van der Waals surface area contributed by atoms with Crippen molar-refractivity contribution in [1.82, 2.24) is 4.72 Å². The average Bonchev–Trinajstić information content (AvgIpc) is 2.63. The first-order valence-electron chi connectivity index (χ1n) is 8.57. The van der Waals surface area contributed by atoms with Gasteiger partial charge in [-0.1, -0.05) is 6.07 Å². The van der Waals surface area contributed by atoms with Crippen molar-refractivity contribution in [2.45, 2.75) is 31.7 Å². The zero-order valence-corrected chi connectivity index (χ0v) is 18.2. The largest absolute Gasteiger partial charge is 0.496 e. The van der Waals surface area contributed by atoms with Gasteiger partial charge < -0.3 is 14.2 Å². The maximum Gasteiger partial charge on any atom is 0.241 e. The summed E-state index contributed by atoms with van der Waals surface area (Å²) >= 11 is 3.31. The van der Waals surface area contributed by atoms with Crippen molar-refractivity contribution < 1.29 is 22.6 Å². The van der Waals surface area contributed by atoms with E-state index in [-0.39, 0.29) is 4.90 Å². The first-order chi connectivity index (χ1) is 12.8. The van der Waals surface area contributed by atoms with Crippen molar-refractivity contribution in [3.63, 3.8) is 0 Å². The van der Waals surface area contributed by atoms with Crippen LogP contribution < -0.4 is 18.9 Å². The van der Waals surface area contributed by atoms with Crippen LogP contribution in [-0.4, -0.2) is 28.7 Å². The van der Waals surface area contributed by atoms with Crippen molar-refractivity contribution >= 4 is 26.0 Å². The second-order valence-electron chi connectivity index (χ2n) is 5.71. The van der Waals surface area contributed by atoms with Gasteiger partial charge in [-0.2, -0.15) is 0 Å². The van der Waals surface area contributed by atoms with Gasteiger partial charge in [0.05, 0.1) is 29.7 Å². The van der Waals surface area contributed by atoms with Crippen LogP contribution in [0.4, 0.5) is 0 Å². The summed E-state index contributed by atoms with van der Waals surface area (Å²) in [5.41, 5.74) is 0.776. The summed E-state index contributed by atoms with van der Waals surface area (Å²) < 4.78 is 45.0. The molecule has 0 aliphatic heterocycles. The van der Waals surface area contributed by atoms with E-state index in [4.69, 9.17) is 14.2 Å². The molecule has 1 atom stereocenters. The van der Waals surface area contributed by atoms with E-state index < -0.39 is 16.1 Å². The first kappa shape index (κ1) is 21.5. The SMILES string of the molecule is CCOc1ccc([C@H](C)NS(=O)(=O)c2ccc(OC)c(Br)c2)cc1OCC. The molecule has 148 valence electrons. The van der Waals surface area contributed by atoms with Crippen LogP contribution in [0.2, 0.25) is 0 Å². The second-order valence-corrected chi connectivity index (χ2v) is 8.28. The molecule has 2 rings (SSSR count). The molecule has 0 saturated carbocycles. The number of hydrogen-bond acceptors (Lipinski definition) is 5. The van der Waals surface area contributed by atoms with E-state index in [1.807, 2.05) is 19.9 Å². The molecule has 0 heterocycles. The Morgan fingerprint density at radius 3 is 2.22 bits per heavy atom. The lowest BCUT2D eigenvalue weighted by molar-refractivity contribution is 0.287. The molecule has 0 amide bonds. The Labute approximate surface area is 169 Å². The molecule has 0 bridgehead atoms. The predicted molar refractivity (Wildman–Crippen MR) is 108 cm³/mol. The van der Waals surface area contributed by atoms with Gasteiger partial charge in [0, 0.05) is 6.04 Å². The third-order valence-corrected chi connectivity index (χ3v) is 5.99. The second kappa shape index (κ2) is 9.43. The normalized spacial score (nSPS) is 12.5. The highest BCUT2D eigenvalue weighted by atomic mass is 79.9. The van der Waals surface area contributed by atoms with Gasteiger partial charge in [0.15, 0.2) is 11.5 Å². The molecule has 0 saturated heterocycles. The molecular formula is C19H24BrNO5S. The van der Waals surface area contributed by atoms with Gasteiger partial charge >= 0.3 is 0 Å². The predicted octanol–water partition coefficient (Wildman–Crippen LogP) is 4.29. The number of benzene rings is 2. The number of nitrogens with one attached hydrogen (secondary N) is 1. The zero-order valence-electron chi connectivity index (χ0n) is 15.8. The molecule has 6 nitrogen and oxygen atoms in total. The molecule has 1 N–H and O–H groups in total. The molecule has 2 aromatic carbocycles. The van der Waals surface area contributed by atoms with Gasteiger partial charge in [0.25, 0.3) is 0 Å². The third kappa shape index (κ3) is 5.37. The van der Waals surface area contributed by atoms with Gasteiger partial charge in [-0.25, -0.2) is 13.1 Å². The fraction of sp³-hybridized carbons (Fsp3) is 0.368. The van der Waals surface area contributed by atoms with Crippen LogP contribution in [-0.2, 0) is 10.0 Å². The minimum atomic E-state index is -3.71. The highest BCUT2D eigenvalue weighted by Gasteiger charge is 2.20. The Bertz CT molecular complexity index is 886. The number of rotatable bonds is 9. The highest BCUT2D eigenvalue weighted by molar-refractivity contribution is 9.10. The van der Waals surface area contributed by atoms with Crippen molar-refractivity contribution in [1.29, 1.82) is 0 Å². The fourth-order valence-electron chi connectivity index (χ4n) is 2.52. The maximum absolute atomic E-state index is 12.7. The molecule has 0 aliphatic carbocycles. The van der Waals surface area contributed by atoms with Crippen LogP contribution in [0.1, 0.15) is 32.4 Å². The van der Waals surface area contributed by atoms with Crippen LogP contribution in [0.25, 0.3) is 0 Å². The standard InChI is InChI=1S/C19H24BrNO5S/c1-5-25-18-9-7-14(11-19(18)26-6-2)13(3)21-27(22,23)15-8-10-17(24-4)16(20)12-15/h7-13,21H,5-6H2,1-4H3/t13-/m0/s1. The van der Waals surface area contributed by atoms with Gasteiger partial charge in [-0.3, -0.25) is 0 Å². The minimum absolute atomic E-state index is 0.151. The monoisotopic (exact) mass is 457 g/mol. The quantitative estimate of drug-likeness (QED) is 0.607. The lowest BCUT2D eigenvalue weighted by Gasteiger charge is -2.18. The summed E-state index contributed by atoms with van der Waals surface area (Å²) in [6.45, 7) is 6.57. The van der Waals surface area contributed by atoms with E-state index >= 15 is 0 Å². The molecule has 0 aliphatic rings. The lowest BCUT2D eigenvalue weighted by atomic mass is 10.1. The molecule has 27 heavy (non-hydrogen) atoms. The topological polar surface area (TPSA) is 73.9 Å². The Morgan fingerprint density at radius 2 is 1.63 bits per heavy atom. The molecule has 0 fully saturated rings. The molecule has 8 heteroatoms. The fourth-order valence-corrected chi connectivity index (χ4v) is 4.47. The van der Waals surface area contributed by atoms with E-state index in [1.54, 1.807) is 25.1 Å². The summed E-state index contributed by atoms with van der Waals surface area (Å²) in [6, 6.07) is 9.58. The number of hydrogen-bond donors (Lipinski definition) is 1. The summed E-state index contributed by atoms with van der Waals surface area (Å²) in [7, 11) is -2.18. The molecule has 0 unspecified atom stereocenters.